The van der Waals surface area contributed by atoms with Gasteiger partial charge < -0.3 is 15.4 Å². The Balaban J connectivity index is 1.95. The average Bonchev–Trinajstić information content (AvgIpc) is 3.06. The lowest BCUT2D eigenvalue weighted by molar-refractivity contribution is 0.0527. The molecule has 166 valence electrons. The number of carbonyl (C=O) groups is 3. The number of hydrogen-bond donors (Lipinski definition) is 2. The highest BCUT2D eigenvalue weighted by Crippen LogP contribution is 2.35. The first-order valence-corrected chi connectivity index (χ1v) is 11.1. The molecule has 0 fully saturated rings. The first-order chi connectivity index (χ1) is 15.2. The van der Waals surface area contributed by atoms with Gasteiger partial charge in [0.15, 0.2) is 0 Å². The van der Waals surface area contributed by atoms with Gasteiger partial charge in [0.1, 0.15) is 5.00 Å². The molecule has 0 saturated carbocycles. The highest BCUT2D eigenvalue weighted by Gasteiger charge is 2.27. The standard InChI is InChI=1S/C25H26N2O4S/c1-6-31-25(30)20-17(5)21(23(29)26-19-12-9-15(3)13-16(19)4)32-24(20)27-22(28)18-10-7-14(2)8-11-18/h7-13H,6H2,1-5H3,(H,26,29)(H,27,28). The first kappa shape index (κ1) is 23.2. The molecule has 1 aromatic heterocycles. The number of aryl methyl sites for hydroxylation is 3. The molecule has 1 heterocycles. The summed E-state index contributed by atoms with van der Waals surface area (Å²) in [5, 5.41) is 5.98. The van der Waals surface area contributed by atoms with Gasteiger partial charge in [0.2, 0.25) is 0 Å². The maximum Gasteiger partial charge on any atom is 0.341 e. The van der Waals surface area contributed by atoms with Crippen molar-refractivity contribution in [2.75, 3.05) is 17.2 Å². The van der Waals surface area contributed by atoms with Crippen LogP contribution in [0.25, 0.3) is 0 Å². The number of nitrogens with one attached hydrogen (secondary N) is 2. The van der Waals surface area contributed by atoms with Crippen molar-refractivity contribution in [3.05, 3.63) is 80.7 Å². The number of rotatable bonds is 6. The number of hydrogen-bond acceptors (Lipinski definition) is 5. The summed E-state index contributed by atoms with van der Waals surface area (Å²) >= 11 is 1.06. The zero-order chi connectivity index (χ0) is 23.4. The minimum Gasteiger partial charge on any atom is -0.462 e. The second-order valence-electron chi connectivity index (χ2n) is 7.57. The number of thiophene rings is 1. The molecule has 2 amide bonds. The van der Waals surface area contributed by atoms with Gasteiger partial charge in [0.05, 0.1) is 17.0 Å². The minimum atomic E-state index is -0.578. The Morgan fingerprint density at radius 1 is 0.875 bits per heavy atom. The van der Waals surface area contributed by atoms with E-state index in [4.69, 9.17) is 4.74 Å². The van der Waals surface area contributed by atoms with E-state index in [1.807, 2.05) is 51.1 Å². The fraction of sp³-hybridized carbons (Fsp3) is 0.240. The lowest BCUT2D eigenvalue weighted by atomic mass is 10.1. The van der Waals surface area contributed by atoms with E-state index in [0.717, 1.165) is 28.0 Å². The van der Waals surface area contributed by atoms with Crippen LogP contribution in [0.2, 0.25) is 0 Å². The molecule has 0 saturated heterocycles. The molecule has 0 unspecified atom stereocenters. The van der Waals surface area contributed by atoms with Crippen LogP contribution >= 0.6 is 11.3 Å². The molecule has 0 aliphatic heterocycles. The van der Waals surface area contributed by atoms with Crippen LogP contribution in [0.3, 0.4) is 0 Å². The molecule has 2 N–H and O–H groups in total. The molecule has 0 bridgehead atoms. The van der Waals surface area contributed by atoms with Crippen molar-refractivity contribution in [3.8, 4) is 0 Å². The maximum absolute atomic E-state index is 13.0. The number of benzene rings is 2. The zero-order valence-corrected chi connectivity index (χ0v) is 19.6. The predicted molar refractivity (Wildman–Crippen MR) is 128 cm³/mol. The summed E-state index contributed by atoms with van der Waals surface area (Å²) in [7, 11) is 0. The van der Waals surface area contributed by atoms with Gasteiger partial charge in [-0.15, -0.1) is 11.3 Å². The van der Waals surface area contributed by atoms with Gasteiger partial charge in [-0.3, -0.25) is 9.59 Å². The Labute approximate surface area is 191 Å². The van der Waals surface area contributed by atoms with E-state index < -0.39 is 5.97 Å². The normalized spacial score (nSPS) is 10.5. The summed E-state index contributed by atoms with van der Waals surface area (Å²) in [4.78, 5) is 38.8. The van der Waals surface area contributed by atoms with Crippen LogP contribution in [0, 0.1) is 27.7 Å². The van der Waals surface area contributed by atoms with E-state index in [1.165, 1.54) is 0 Å². The molecule has 2 aromatic carbocycles. The molecule has 0 aliphatic rings. The smallest absolute Gasteiger partial charge is 0.341 e. The Morgan fingerprint density at radius 2 is 1.53 bits per heavy atom. The molecule has 3 rings (SSSR count). The second kappa shape index (κ2) is 9.78. The Kier molecular flexibility index (Phi) is 7.10. The SMILES string of the molecule is CCOC(=O)c1c(NC(=O)c2ccc(C)cc2)sc(C(=O)Nc2ccc(C)cc2C)c1C. The first-order valence-electron chi connectivity index (χ1n) is 10.3. The van der Waals surface area contributed by atoms with Crippen LogP contribution in [-0.2, 0) is 4.74 Å². The van der Waals surface area contributed by atoms with Crippen molar-refractivity contribution in [3.63, 3.8) is 0 Å². The highest BCUT2D eigenvalue weighted by molar-refractivity contribution is 7.19. The van der Waals surface area contributed by atoms with Crippen molar-refractivity contribution in [1.29, 1.82) is 0 Å². The summed E-state index contributed by atoms with van der Waals surface area (Å²) in [6, 6.07) is 12.8. The van der Waals surface area contributed by atoms with Crippen LogP contribution in [-0.4, -0.2) is 24.4 Å². The van der Waals surface area contributed by atoms with E-state index in [1.54, 1.807) is 26.0 Å². The highest BCUT2D eigenvalue weighted by atomic mass is 32.1. The van der Waals surface area contributed by atoms with Gasteiger partial charge in [0.25, 0.3) is 11.8 Å². The number of ether oxygens (including phenoxy) is 1. The van der Waals surface area contributed by atoms with Crippen LogP contribution < -0.4 is 10.6 Å². The lowest BCUT2D eigenvalue weighted by Crippen LogP contribution is -2.15. The Bertz CT molecular complexity index is 1180. The molecule has 32 heavy (non-hydrogen) atoms. The van der Waals surface area contributed by atoms with Crippen molar-refractivity contribution in [2.24, 2.45) is 0 Å². The van der Waals surface area contributed by atoms with Crippen LogP contribution in [0.15, 0.2) is 42.5 Å². The monoisotopic (exact) mass is 450 g/mol. The summed E-state index contributed by atoms with van der Waals surface area (Å²) in [5.74, 6) is -1.29. The average molecular weight is 451 g/mol. The minimum absolute atomic E-state index is 0.184. The van der Waals surface area contributed by atoms with E-state index >= 15 is 0 Å². The molecule has 0 atom stereocenters. The van der Waals surface area contributed by atoms with Crippen molar-refractivity contribution >= 4 is 39.8 Å². The van der Waals surface area contributed by atoms with Crippen LogP contribution in [0.5, 0.6) is 0 Å². The van der Waals surface area contributed by atoms with E-state index in [2.05, 4.69) is 10.6 Å². The van der Waals surface area contributed by atoms with Gasteiger partial charge in [-0.2, -0.15) is 0 Å². The van der Waals surface area contributed by atoms with E-state index in [0.29, 0.717) is 21.7 Å². The third-order valence-electron chi connectivity index (χ3n) is 5.00. The molecule has 3 aromatic rings. The largest absolute Gasteiger partial charge is 0.462 e. The second-order valence-corrected chi connectivity index (χ2v) is 8.59. The van der Waals surface area contributed by atoms with Gasteiger partial charge >= 0.3 is 5.97 Å². The molecule has 0 aliphatic carbocycles. The quantitative estimate of drug-likeness (QED) is 0.474. The summed E-state index contributed by atoms with van der Waals surface area (Å²) in [5.41, 5.74) is 4.88. The van der Waals surface area contributed by atoms with E-state index in [9.17, 15) is 14.4 Å². The third-order valence-corrected chi connectivity index (χ3v) is 6.21. The van der Waals surface area contributed by atoms with Gasteiger partial charge in [-0.25, -0.2) is 4.79 Å². The number of amides is 2. The van der Waals surface area contributed by atoms with Crippen molar-refractivity contribution in [2.45, 2.75) is 34.6 Å². The fourth-order valence-corrected chi connectivity index (χ4v) is 4.37. The predicted octanol–water partition coefficient (Wildman–Crippen LogP) is 5.66. The number of anilines is 2. The molecule has 6 nitrogen and oxygen atoms in total. The topological polar surface area (TPSA) is 84.5 Å². The van der Waals surface area contributed by atoms with Crippen molar-refractivity contribution in [1.82, 2.24) is 0 Å². The molecular formula is C25H26N2O4S. The van der Waals surface area contributed by atoms with Gasteiger partial charge in [-0.1, -0.05) is 35.4 Å². The van der Waals surface area contributed by atoms with Gasteiger partial charge in [-0.05, 0) is 63.9 Å². The molecule has 7 heteroatoms. The molecule has 0 radical (unpaired) electrons. The maximum atomic E-state index is 13.0. The van der Waals surface area contributed by atoms with Gasteiger partial charge in [0, 0.05) is 11.3 Å². The fourth-order valence-electron chi connectivity index (χ4n) is 3.28. The van der Waals surface area contributed by atoms with E-state index in [-0.39, 0.29) is 29.0 Å². The molecule has 0 spiro atoms. The number of esters is 1. The Morgan fingerprint density at radius 3 is 2.16 bits per heavy atom. The summed E-state index contributed by atoms with van der Waals surface area (Å²) in [6.07, 6.45) is 0. The molecular weight excluding hydrogens is 424 g/mol. The number of carbonyl (C=O) groups excluding carboxylic acids is 3. The summed E-state index contributed by atoms with van der Waals surface area (Å²) < 4.78 is 5.18. The lowest BCUT2D eigenvalue weighted by Gasteiger charge is -2.09. The zero-order valence-electron chi connectivity index (χ0n) is 18.8. The summed E-state index contributed by atoms with van der Waals surface area (Å²) in [6.45, 7) is 9.41. The Hall–Kier alpha value is -3.45. The third kappa shape index (κ3) is 5.06. The van der Waals surface area contributed by atoms with Crippen LogP contribution in [0.4, 0.5) is 10.7 Å². The van der Waals surface area contributed by atoms with Crippen LogP contribution in [0.1, 0.15) is 59.6 Å². The van der Waals surface area contributed by atoms with Crippen molar-refractivity contribution < 1.29 is 19.1 Å².